The Labute approximate surface area is 133 Å². The molecule has 4 heteroatoms. The van der Waals surface area contributed by atoms with E-state index in [0.29, 0.717) is 13.2 Å². The second-order valence-corrected chi connectivity index (χ2v) is 6.70. The Hall–Kier alpha value is -1.10. The zero-order valence-corrected chi connectivity index (χ0v) is 13.5. The molecule has 1 aromatic rings. The van der Waals surface area contributed by atoms with Crippen LogP contribution in [0.4, 0.5) is 0 Å². The van der Waals surface area contributed by atoms with Gasteiger partial charge in [-0.15, -0.1) is 0 Å². The Morgan fingerprint density at radius 3 is 2.86 bits per heavy atom. The van der Waals surface area contributed by atoms with Gasteiger partial charge in [0.05, 0.1) is 12.2 Å². The molecular formula is C18H27NO3. The van der Waals surface area contributed by atoms with Gasteiger partial charge in [-0.05, 0) is 31.4 Å². The normalized spacial score (nSPS) is 22.8. The van der Waals surface area contributed by atoms with E-state index in [1.807, 2.05) is 31.2 Å². The zero-order chi connectivity index (χ0) is 15.4. The van der Waals surface area contributed by atoms with Gasteiger partial charge in [0.15, 0.2) is 0 Å². The fourth-order valence-corrected chi connectivity index (χ4v) is 3.66. The maximum absolute atomic E-state index is 10.3. The van der Waals surface area contributed by atoms with Gasteiger partial charge < -0.3 is 14.6 Å². The maximum Gasteiger partial charge on any atom is 0.122 e. The van der Waals surface area contributed by atoms with E-state index in [9.17, 15) is 5.11 Å². The molecule has 1 N–H and O–H groups in total. The Morgan fingerprint density at radius 2 is 2.09 bits per heavy atom. The van der Waals surface area contributed by atoms with Gasteiger partial charge in [-0.25, -0.2) is 0 Å². The molecule has 1 atom stereocenters. The number of aliphatic hydroxyl groups is 1. The second kappa shape index (κ2) is 6.99. The summed E-state index contributed by atoms with van der Waals surface area (Å²) < 4.78 is 11.8. The van der Waals surface area contributed by atoms with Crippen LogP contribution in [0.5, 0.6) is 5.75 Å². The highest BCUT2D eigenvalue weighted by Crippen LogP contribution is 2.35. The topological polar surface area (TPSA) is 41.9 Å². The number of morpholine rings is 1. The van der Waals surface area contributed by atoms with E-state index in [1.54, 1.807) is 0 Å². The van der Waals surface area contributed by atoms with Crippen molar-refractivity contribution < 1.29 is 14.6 Å². The summed E-state index contributed by atoms with van der Waals surface area (Å²) in [5.74, 6) is 0.857. The van der Waals surface area contributed by atoms with Crippen LogP contribution in [-0.2, 0) is 4.74 Å². The molecule has 2 aliphatic rings. The van der Waals surface area contributed by atoms with Crippen LogP contribution in [-0.4, -0.2) is 54.6 Å². The molecule has 0 aromatic heterocycles. The fraction of sp³-hybridized carbons (Fsp3) is 0.667. The number of ether oxygens (including phenoxy) is 2. The first-order chi connectivity index (χ1) is 10.7. The van der Waals surface area contributed by atoms with Gasteiger partial charge in [-0.2, -0.15) is 0 Å². The lowest BCUT2D eigenvalue weighted by molar-refractivity contribution is -0.112. The van der Waals surface area contributed by atoms with Gasteiger partial charge in [-0.3, -0.25) is 4.90 Å². The first-order valence-electron chi connectivity index (χ1n) is 8.40. The SMILES string of the molecule is Cc1ccccc1OCC(O)CN1CCOC2(CCCC2)C1. The number of hydrogen-bond acceptors (Lipinski definition) is 4. The van der Waals surface area contributed by atoms with Gasteiger partial charge in [-0.1, -0.05) is 31.0 Å². The van der Waals surface area contributed by atoms with Crippen molar-refractivity contribution in [1.29, 1.82) is 0 Å². The van der Waals surface area contributed by atoms with Gasteiger partial charge >= 0.3 is 0 Å². The van der Waals surface area contributed by atoms with E-state index < -0.39 is 6.10 Å². The molecule has 1 saturated heterocycles. The Morgan fingerprint density at radius 1 is 1.32 bits per heavy atom. The number of rotatable bonds is 5. The molecule has 2 fully saturated rings. The number of hydrogen-bond donors (Lipinski definition) is 1. The largest absolute Gasteiger partial charge is 0.491 e. The van der Waals surface area contributed by atoms with Gasteiger partial charge in [0.1, 0.15) is 18.5 Å². The van der Waals surface area contributed by atoms with Crippen LogP contribution in [0.15, 0.2) is 24.3 Å². The van der Waals surface area contributed by atoms with Crippen LogP contribution < -0.4 is 4.74 Å². The first kappa shape index (κ1) is 15.8. The molecule has 4 nitrogen and oxygen atoms in total. The molecule has 1 spiro atoms. The van der Waals surface area contributed by atoms with E-state index >= 15 is 0 Å². The third-order valence-electron chi connectivity index (χ3n) is 4.84. The molecule has 1 saturated carbocycles. The number of nitrogens with zero attached hydrogens (tertiary/aromatic N) is 1. The second-order valence-electron chi connectivity index (χ2n) is 6.70. The lowest BCUT2D eigenvalue weighted by Crippen LogP contribution is -2.52. The minimum atomic E-state index is -0.462. The number of benzene rings is 1. The monoisotopic (exact) mass is 305 g/mol. The molecule has 1 aromatic carbocycles. The first-order valence-corrected chi connectivity index (χ1v) is 8.40. The van der Waals surface area contributed by atoms with Gasteiger partial charge in [0.25, 0.3) is 0 Å². The highest BCUT2D eigenvalue weighted by atomic mass is 16.5. The van der Waals surface area contributed by atoms with Crippen LogP contribution in [0.3, 0.4) is 0 Å². The van der Waals surface area contributed by atoms with Crippen molar-refractivity contribution in [3.63, 3.8) is 0 Å². The molecule has 0 amide bonds. The van der Waals surface area contributed by atoms with Crippen molar-refractivity contribution in [2.24, 2.45) is 0 Å². The molecule has 122 valence electrons. The Bertz CT molecular complexity index is 485. The van der Waals surface area contributed by atoms with Crippen LogP contribution in [0.2, 0.25) is 0 Å². The molecule has 1 aliphatic heterocycles. The Kier molecular flexibility index (Phi) is 5.01. The molecule has 1 aliphatic carbocycles. The number of aliphatic hydroxyl groups excluding tert-OH is 1. The third-order valence-corrected chi connectivity index (χ3v) is 4.84. The highest BCUT2D eigenvalue weighted by molar-refractivity contribution is 5.31. The summed E-state index contributed by atoms with van der Waals surface area (Å²) in [6, 6.07) is 7.92. The number of para-hydroxylation sites is 1. The van der Waals surface area contributed by atoms with Gasteiger partial charge in [0.2, 0.25) is 0 Å². The van der Waals surface area contributed by atoms with Crippen molar-refractivity contribution in [2.45, 2.75) is 44.3 Å². The summed E-state index contributed by atoms with van der Waals surface area (Å²) in [5, 5.41) is 10.3. The van der Waals surface area contributed by atoms with Crippen LogP contribution in [0.1, 0.15) is 31.2 Å². The van der Waals surface area contributed by atoms with E-state index in [4.69, 9.17) is 9.47 Å². The average molecular weight is 305 g/mol. The van der Waals surface area contributed by atoms with Crippen molar-refractivity contribution >= 4 is 0 Å². The van der Waals surface area contributed by atoms with Gasteiger partial charge in [0, 0.05) is 19.6 Å². The van der Waals surface area contributed by atoms with Crippen LogP contribution >= 0.6 is 0 Å². The molecular weight excluding hydrogens is 278 g/mol. The number of aryl methyl sites for hydroxylation is 1. The lowest BCUT2D eigenvalue weighted by Gasteiger charge is -2.41. The van der Waals surface area contributed by atoms with Crippen LogP contribution in [0.25, 0.3) is 0 Å². The quantitative estimate of drug-likeness (QED) is 0.907. The summed E-state index contributed by atoms with van der Waals surface area (Å²) in [7, 11) is 0. The molecule has 1 unspecified atom stereocenters. The van der Waals surface area contributed by atoms with Crippen LogP contribution in [0, 0.1) is 6.92 Å². The summed E-state index contributed by atoms with van der Waals surface area (Å²) in [5.41, 5.74) is 1.17. The summed E-state index contributed by atoms with van der Waals surface area (Å²) in [6.45, 7) is 5.67. The number of β-amino-alcohol motifs (C(OH)–C–C–N with tert-alkyl or cyclic N) is 1. The summed E-state index contributed by atoms with van der Waals surface area (Å²) in [6.07, 6.45) is 4.41. The molecule has 0 radical (unpaired) electrons. The summed E-state index contributed by atoms with van der Waals surface area (Å²) in [4.78, 5) is 2.33. The van der Waals surface area contributed by atoms with Crippen molar-refractivity contribution in [1.82, 2.24) is 4.90 Å². The predicted molar refractivity (Wildman–Crippen MR) is 86.3 cm³/mol. The zero-order valence-electron chi connectivity index (χ0n) is 13.5. The van der Waals surface area contributed by atoms with Crippen molar-refractivity contribution in [3.05, 3.63) is 29.8 Å². The minimum absolute atomic E-state index is 0.0643. The molecule has 3 rings (SSSR count). The smallest absolute Gasteiger partial charge is 0.122 e. The van der Waals surface area contributed by atoms with E-state index in [0.717, 1.165) is 31.0 Å². The maximum atomic E-state index is 10.3. The fourth-order valence-electron chi connectivity index (χ4n) is 3.66. The molecule has 1 heterocycles. The lowest BCUT2D eigenvalue weighted by atomic mass is 9.99. The Balaban J connectivity index is 1.47. The average Bonchev–Trinajstić information content (AvgIpc) is 2.94. The van der Waals surface area contributed by atoms with Crippen molar-refractivity contribution in [3.8, 4) is 5.75 Å². The standard InChI is InChI=1S/C18H27NO3/c1-15-6-2-3-7-17(15)21-13-16(20)12-19-10-11-22-18(14-19)8-4-5-9-18/h2-3,6-7,16,20H,4-5,8-14H2,1H3. The minimum Gasteiger partial charge on any atom is -0.491 e. The van der Waals surface area contributed by atoms with Crippen molar-refractivity contribution in [2.75, 3.05) is 32.8 Å². The molecule has 0 bridgehead atoms. The van der Waals surface area contributed by atoms with E-state index in [1.165, 1.54) is 25.7 Å². The summed E-state index contributed by atoms with van der Waals surface area (Å²) >= 11 is 0. The van der Waals surface area contributed by atoms with E-state index in [2.05, 4.69) is 4.90 Å². The molecule has 22 heavy (non-hydrogen) atoms. The third kappa shape index (κ3) is 3.80. The predicted octanol–water partition coefficient (Wildman–Crippen LogP) is 2.38. The van der Waals surface area contributed by atoms with E-state index in [-0.39, 0.29) is 5.60 Å². The highest BCUT2D eigenvalue weighted by Gasteiger charge is 2.39.